The van der Waals surface area contributed by atoms with Gasteiger partial charge in [-0.15, -0.1) is 0 Å². The van der Waals surface area contributed by atoms with E-state index in [9.17, 15) is 9.90 Å². The molecular weight excluding hydrogens is 242 g/mol. The van der Waals surface area contributed by atoms with Crippen LogP contribution in [0.5, 0.6) is 5.75 Å². The van der Waals surface area contributed by atoms with E-state index >= 15 is 0 Å². The molecule has 1 saturated heterocycles. The van der Waals surface area contributed by atoms with Gasteiger partial charge in [0.05, 0.1) is 0 Å². The summed E-state index contributed by atoms with van der Waals surface area (Å²) in [5.41, 5.74) is 0.944. The van der Waals surface area contributed by atoms with Gasteiger partial charge in [0.15, 0.2) is 0 Å². The van der Waals surface area contributed by atoms with Crippen LogP contribution in [-0.2, 0) is 4.79 Å². The Bertz CT molecular complexity index is 439. The average Bonchev–Trinajstić information content (AvgIpc) is 2.39. The lowest BCUT2D eigenvalue weighted by Crippen LogP contribution is -2.36. The molecule has 1 aliphatic rings. The first-order valence-electron chi connectivity index (χ1n) is 6.81. The average molecular weight is 263 g/mol. The molecule has 104 valence electrons. The highest BCUT2D eigenvalue weighted by molar-refractivity contribution is 5.67. The minimum atomic E-state index is -0.702. The van der Waals surface area contributed by atoms with Crippen LogP contribution in [0.15, 0.2) is 24.3 Å². The first kappa shape index (κ1) is 13.9. The Hall–Kier alpha value is -1.55. The number of hydrogen-bond acceptors (Lipinski definition) is 3. The van der Waals surface area contributed by atoms with E-state index in [4.69, 9.17) is 5.11 Å². The number of carboxylic acids is 1. The molecule has 4 nitrogen and oxygen atoms in total. The Morgan fingerprint density at radius 3 is 2.58 bits per heavy atom. The molecule has 1 aromatic carbocycles. The van der Waals surface area contributed by atoms with E-state index in [1.165, 1.54) is 0 Å². The number of hydrogen-bond donors (Lipinski definition) is 2. The standard InChI is InChI=1S/C15H21NO3/c1-11(13-4-2-3-5-14(13)17)16-8-6-12(7-9-16)10-15(18)19/h2-5,11-12,17H,6-10H2,1H3,(H,18,19). The van der Waals surface area contributed by atoms with Crippen molar-refractivity contribution in [2.45, 2.75) is 32.2 Å². The van der Waals surface area contributed by atoms with Gasteiger partial charge in [0.1, 0.15) is 5.75 Å². The zero-order chi connectivity index (χ0) is 13.8. The molecule has 19 heavy (non-hydrogen) atoms. The molecule has 1 aliphatic heterocycles. The van der Waals surface area contributed by atoms with E-state index in [-0.39, 0.29) is 12.5 Å². The van der Waals surface area contributed by atoms with Gasteiger partial charge in [-0.25, -0.2) is 0 Å². The summed E-state index contributed by atoms with van der Waals surface area (Å²) in [5.74, 6) is -0.0693. The maximum absolute atomic E-state index is 10.7. The predicted octanol–water partition coefficient (Wildman–Crippen LogP) is 2.64. The molecule has 0 saturated carbocycles. The summed E-state index contributed by atoms with van der Waals surface area (Å²) in [4.78, 5) is 13.0. The van der Waals surface area contributed by atoms with Crippen LogP contribution in [0.2, 0.25) is 0 Å². The van der Waals surface area contributed by atoms with Gasteiger partial charge in [0.25, 0.3) is 0 Å². The number of aliphatic carboxylic acids is 1. The van der Waals surface area contributed by atoms with E-state index in [1.807, 2.05) is 18.2 Å². The summed E-state index contributed by atoms with van der Waals surface area (Å²) in [6, 6.07) is 7.59. The van der Waals surface area contributed by atoms with Gasteiger partial charge >= 0.3 is 5.97 Å². The summed E-state index contributed by atoms with van der Waals surface area (Å²) in [6.45, 7) is 3.88. The fourth-order valence-electron chi connectivity index (χ4n) is 2.83. The highest BCUT2D eigenvalue weighted by Crippen LogP contribution is 2.31. The number of phenols is 1. The zero-order valence-corrected chi connectivity index (χ0v) is 11.2. The highest BCUT2D eigenvalue weighted by atomic mass is 16.4. The summed E-state index contributed by atoms with van der Waals surface area (Å²) in [5, 5.41) is 18.7. The van der Waals surface area contributed by atoms with Gasteiger partial charge in [-0.1, -0.05) is 18.2 Å². The number of phenolic OH excluding ortho intramolecular Hbond substituents is 1. The molecule has 0 aliphatic carbocycles. The van der Waals surface area contributed by atoms with Crippen LogP contribution in [0.1, 0.15) is 37.8 Å². The molecule has 0 radical (unpaired) electrons. The molecule has 1 fully saturated rings. The van der Waals surface area contributed by atoms with Crippen molar-refractivity contribution in [1.82, 2.24) is 4.90 Å². The van der Waals surface area contributed by atoms with Crippen LogP contribution in [0.3, 0.4) is 0 Å². The van der Waals surface area contributed by atoms with Crippen LogP contribution in [-0.4, -0.2) is 34.2 Å². The smallest absolute Gasteiger partial charge is 0.303 e. The molecule has 2 rings (SSSR count). The van der Waals surface area contributed by atoms with Crippen LogP contribution in [0, 0.1) is 5.92 Å². The molecule has 1 unspecified atom stereocenters. The third-order valence-electron chi connectivity index (χ3n) is 4.05. The van der Waals surface area contributed by atoms with E-state index in [1.54, 1.807) is 6.07 Å². The summed E-state index contributed by atoms with van der Waals surface area (Å²) in [7, 11) is 0. The normalized spacial score (nSPS) is 19.2. The van der Waals surface area contributed by atoms with Crippen molar-refractivity contribution in [2.75, 3.05) is 13.1 Å². The molecule has 0 bridgehead atoms. The molecule has 0 amide bonds. The Labute approximate surface area is 113 Å². The van der Waals surface area contributed by atoms with Gasteiger partial charge in [-0.05, 0) is 44.8 Å². The molecule has 4 heteroatoms. The monoisotopic (exact) mass is 263 g/mol. The zero-order valence-electron chi connectivity index (χ0n) is 11.2. The van der Waals surface area contributed by atoms with Crippen molar-refractivity contribution >= 4 is 5.97 Å². The lowest BCUT2D eigenvalue weighted by atomic mass is 9.92. The van der Waals surface area contributed by atoms with E-state index in [0.717, 1.165) is 31.5 Å². The number of piperidine rings is 1. The van der Waals surface area contributed by atoms with Crippen LogP contribution < -0.4 is 0 Å². The van der Waals surface area contributed by atoms with Crippen LogP contribution >= 0.6 is 0 Å². The number of likely N-dealkylation sites (tertiary alicyclic amines) is 1. The quantitative estimate of drug-likeness (QED) is 0.876. The number of benzene rings is 1. The highest BCUT2D eigenvalue weighted by Gasteiger charge is 2.25. The van der Waals surface area contributed by atoms with Crippen LogP contribution in [0.25, 0.3) is 0 Å². The summed E-state index contributed by atoms with van der Waals surface area (Å²) in [6.07, 6.45) is 2.12. The van der Waals surface area contributed by atoms with E-state index in [2.05, 4.69) is 11.8 Å². The molecular formula is C15H21NO3. The van der Waals surface area contributed by atoms with E-state index in [0.29, 0.717) is 11.7 Å². The number of carbonyl (C=O) groups is 1. The molecule has 1 heterocycles. The predicted molar refractivity (Wildman–Crippen MR) is 73.1 cm³/mol. The van der Waals surface area contributed by atoms with Gasteiger partial charge < -0.3 is 10.2 Å². The number of nitrogens with zero attached hydrogens (tertiary/aromatic N) is 1. The second-order valence-electron chi connectivity index (χ2n) is 5.31. The molecule has 0 aromatic heterocycles. The topological polar surface area (TPSA) is 60.8 Å². The van der Waals surface area contributed by atoms with Gasteiger partial charge in [-0.3, -0.25) is 9.69 Å². The van der Waals surface area contributed by atoms with Crippen molar-refractivity contribution in [1.29, 1.82) is 0 Å². The van der Waals surface area contributed by atoms with Gasteiger partial charge in [0.2, 0.25) is 0 Å². The summed E-state index contributed by atoms with van der Waals surface area (Å²) >= 11 is 0. The van der Waals surface area contributed by atoms with Crippen molar-refractivity contribution in [3.8, 4) is 5.75 Å². The van der Waals surface area contributed by atoms with Crippen molar-refractivity contribution < 1.29 is 15.0 Å². The Morgan fingerprint density at radius 1 is 1.37 bits per heavy atom. The second-order valence-corrected chi connectivity index (χ2v) is 5.31. The Morgan fingerprint density at radius 2 is 2.00 bits per heavy atom. The Kier molecular flexibility index (Phi) is 4.43. The Balaban J connectivity index is 1.94. The SMILES string of the molecule is CC(c1ccccc1O)N1CCC(CC(=O)O)CC1. The van der Waals surface area contributed by atoms with Crippen LogP contribution in [0.4, 0.5) is 0 Å². The minimum Gasteiger partial charge on any atom is -0.508 e. The lowest BCUT2D eigenvalue weighted by molar-refractivity contribution is -0.138. The fourth-order valence-corrected chi connectivity index (χ4v) is 2.83. The third-order valence-corrected chi connectivity index (χ3v) is 4.05. The number of carboxylic acid groups (broad SMARTS) is 1. The molecule has 1 aromatic rings. The first-order valence-corrected chi connectivity index (χ1v) is 6.81. The number of para-hydroxylation sites is 1. The summed E-state index contributed by atoms with van der Waals surface area (Å²) < 4.78 is 0. The minimum absolute atomic E-state index is 0.173. The second kappa shape index (κ2) is 6.06. The van der Waals surface area contributed by atoms with Crippen molar-refractivity contribution in [3.63, 3.8) is 0 Å². The van der Waals surface area contributed by atoms with Gasteiger partial charge in [0, 0.05) is 18.0 Å². The molecule has 2 N–H and O–H groups in total. The van der Waals surface area contributed by atoms with Crippen molar-refractivity contribution in [2.24, 2.45) is 5.92 Å². The van der Waals surface area contributed by atoms with E-state index < -0.39 is 5.97 Å². The molecule has 1 atom stereocenters. The fraction of sp³-hybridized carbons (Fsp3) is 0.533. The lowest BCUT2D eigenvalue weighted by Gasteiger charge is -2.36. The maximum Gasteiger partial charge on any atom is 0.303 e. The maximum atomic E-state index is 10.7. The first-order chi connectivity index (χ1) is 9.08. The number of rotatable bonds is 4. The largest absolute Gasteiger partial charge is 0.508 e. The third kappa shape index (κ3) is 3.47. The number of aromatic hydroxyl groups is 1. The van der Waals surface area contributed by atoms with Crippen molar-refractivity contribution in [3.05, 3.63) is 29.8 Å². The van der Waals surface area contributed by atoms with Gasteiger partial charge in [-0.2, -0.15) is 0 Å². The molecule has 0 spiro atoms.